The number of nitrogens with zero attached hydrogens (tertiary/aromatic N) is 3. The molecule has 0 radical (unpaired) electrons. The molecule has 168 valence electrons. The highest BCUT2D eigenvalue weighted by Crippen LogP contribution is 2.29. The number of hydrogen-bond donors (Lipinski definition) is 0. The third-order valence-electron chi connectivity index (χ3n) is 5.96. The predicted octanol–water partition coefficient (Wildman–Crippen LogP) is 4.95. The third-order valence-corrected chi connectivity index (χ3v) is 5.96. The monoisotopic (exact) mass is 443 g/mol. The number of oxazole rings is 1. The molecule has 0 bridgehead atoms. The molecule has 0 saturated carbocycles. The fourth-order valence-corrected chi connectivity index (χ4v) is 4.18. The van der Waals surface area contributed by atoms with Crippen LogP contribution in [0.1, 0.15) is 46.5 Å². The summed E-state index contributed by atoms with van der Waals surface area (Å²) < 4.78 is 16.6. The molecule has 0 N–H and O–H groups in total. The molecule has 7 heteroatoms. The summed E-state index contributed by atoms with van der Waals surface area (Å²) in [6, 6.07) is 19.3. The number of methoxy groups -OCH3 is 1. The number of likely N-dealkylation sites (tertiary alicyclic amines) is 1. The van der Waals surface area contributed by atoms with Crippen molar-refractivity contribution in [1.82, 2.24) is 15.0 Å². The van der Waals surface area contributed by atoms with Crippen LogP contribution in [-0.4, -0.2) is 41.1 Å². The summed E-state index contributed by atoms with van der Waals surface area (Å²) in [6.45, 7) is 1.22. The van der Waals surface area contributed by atoms with E-state index in [9.17, 15) is 4.79 Å². The highest BCUT2D eigenvalue weighted by atomic mass is 16.5. The standard InChI is InChI=1S/C26H25N3O4/c1-31-21-11-9-19(10-12-21)23-15-24(33-28-23)26(30)29-13-5-8-20(17-29)25-27-16-22(32-25)14-18-6-3-2-4-7-18/h2-4,6-7,9-12,15-16,20H,5,8,13-14,17H2,1H3/t20-/m0/s1. The second-order valence-corrected chi connectivity index (χ2v) is 8.22. The first-order valence-corrected chi connectivity index (χ1v) is 11.1. The number of carbonyl (C=O) groups is 1. The molecule has 2 aromatic heterocycles. The van der Waals surface area contributed by atoms with Gasteiger partial charge in [-0.25, -0.2) is 4.98 Å². The van der Waals surface area contributed by atoms with Crippen molar-refractivity contribution in [2.75, 3.05) is 20.2 Å². The van der Waals surface area contributed by atoms with Crippen molar-refractivity contribution >= 4 is 5.91 Å². The molecular formula is C26H25N3O4. The van der Waals surface area contributed by atoms with Gasteiger partial charge in [-0.05, 0) is 42.7 Å². The van der Waals surface area contributed by atoms with Gasteiger partial charge in [-0.3, -0.25) is 4.79 Å². The molecule has 4 aromatic rings. The van der Waals surface area contributed by atoms with Crippen LogP contribution in [0.15, 0.2) is 75.8 Å². The van der Waals surface area contributed by atoms with Crippen LogP contribution in [0.5, 0.6) is 5.75 Å². The summed E-state index contributed by atoms with van der Waals surface area (Å²) in [5.74, 6) is 2.42. The van der Waals surface area contributed by atoms with E-state index in [2.05, 4.69) is 22.3 Å². The van der Waals surface area contributed by atoms with Crippen molar-refractivity contribution in [3.05, 3.63) is 89.8 Å². The Kier molecular flexibility index (Phi) is 5.93. The number of benzene rings is 2. The lowest BCUT2D eigenvalue weighted by Gasteiger charge is -2.30. The molecule has 0 aliphatic carbocycles. The summed E-state index contributed by atoms with van der Waals surface area (Å²) in [6.07, 6.45) is 4.31. The summed E-state index contributed by atoms with van der Waals surface area (Å²) in [5, 5.41) is 4.08. The second kappa shape index (κ2) is 9.32. The Morgan fingerprint density at radius 3 is 2.76 bits per heavy atom. The van der Waals surface area contributed by atoms with Crippen LogP contribution in [0.25, 0.3) is 11.3 Å². The van der Waals surface area contributed by atoms with Crippen LogP contribution in [0.4, 0.5) is 0 Å². The van der Waals surface area contributed by atoms with E-state index >= 15 is 0 Å². The molecule has 5 rings (SSSR count). The fraction of sp³-hybridized carbons (Fsp3) is 0.269. The van der Waals surface area contributed by atoms with Gasteiger partial charge in [0.1, 0.15) is 17.2 Å². The van der Waals surface area contributed by atoms with Crippen LogP contribution in [0.3, 0.4) is 0 Å². The van der Waals surface area contributed by atoms with Crippen LogP contribution >= 0.6 is 0 Å². The molecule has 1 atom stereocenters. The number of aromatic nitrogens is 2. The van der Waals surface area contributed by atoms with Gasteiger partial charge >= 0.3 is 0 Å². The minimum Gasteiger partial charge on any atom is -0.497 e. The lowest BCUT2D eigenvalue weighted by atomic mass is 9.98. The maximum atomic E-state index is 13.1. The first kappa shape index (κ1) is 21.0. The lowest BCUT2D eigenvalue weighted by molar-refractivity contribution is 0.0656. The molecule has 0 spiro atoms. The van der Waals surface area contributed by atoms with Gasteiger partial charge in [0.05, 0.1) is 19.2 Å². The van der Waals surface area contributed by atoms with Gasteiger partial charge in [0.15, 0.2) is 5.89 Å². The molecule has 2 aromatic carbocycles. The first-order valence-electron chi connectivity index (χ1n) is 11.1. The van der Waals surface area contributed by atoms with Crippen molar-refractivity contribution in [3.8, 4) is 17.0 Å². The van der Waals surface area contributed by atoms with Crippen LogP contribution in [0, 0.1) is 0 Å². The van der Waals surface area contributed by atoms with Crippen molar-refractivity contribution < 1.29 is 18.5 Å². The maximum absolute atomic E-state index is 13.1. The Hall–Kier alpha value is -3.87. The topological polar surface area (TPSA) is 81.6 Å². The average Bonchev–Trinajstić information content (AvgIpc) is 3.55. The van der Waals surface area contributed by atoms with Crippen molar-refractivity contribution in [1.29, 1.82) is 0 Å². The Morgan fingerprint density at radius 2 is 1.97 bits per heavy atom. The van der Waals surface area contributed by atoms with E-state index in [0.29, 0.717) is 31.1 Å². The number of amides is 1. The third kappa shape index (κ3) is 4.67. The molecule has 1 fully saturated rings. The lowest BCUT2D eigenvalue weighted by Crippen LogP contribution is -2.39. The summed E-state index contributed by atoms with van der Waals surface area (Å²) in [7, 11) is 1.62. The SMILES string of the molecule is COc1ccc(-c2cc(C(=O)N3CCC[C@H](c4ncc(Cc5ccccc5)o4)C3)on2)cc1. The van der Waals surface area contributed by atoms with Crippen LogP contribution < -0.4 is 4.74 Å². The smallest absolute Gasteiger partial charge is 0.292 e. The zero-order valence-electron chi connectivity index (χ0n) is 18.4. The molecule has 33 heavy (non-hydrogen) atoms. The van der Waals surface area contributed by atoms with Gasteiger partial charge in [-0.15, -0.1) is 0 Å². The molecule has 3 heterocycles. The van der Waals surface area contributed by atoms with E-state index in [1.165, 1.54) is 5.56 Å². The Balaban J connectivity index is 1.25. The fourth-order valence-electron chi connectivity index (χ4n) is 4.18. The quantitative estimate of drug-likeness (QED) is 0.419. The zero-order valence-corrected chi connectivity index (χ0v) is 18.4. The van der Waals surface area contributed by atoms with E-state index in [0.717, 1.165) is 29.9 Å². The molecule has 1 aliphatic rings. The summed E-state index contributed by atoms with van der Waals surface area (Å²) >= 11 is 0. The Labute approximate surface area is 192 Å². The number of hydrogen-bond acceptors (Lipinski definition) is 6. The van der Waals surface area contributed by atoms with Gasteiger partial charge in [0, 0.05) is 31.1 Å². The number of piperidine rings is 1. The first-order chi connectivity index (χ1) is 16.2. The van der Waals surface area contributed by atoms with Crippen molar-refractivity contribution in [2.45, 2.75) is 25.2 Å². The van der Waals surface area contributed by atoms with Crippen LogP contribution in [0.2, 0.25) is 0 Å². The van der Waals surface area contributed by atoms with Gasteiger partial charge in [-0.2, -0.15) is 0 Å². The highest BCUT2D eigenvalue weighted by molar-refractivity contribution is 5.92. The summed E-state index contributed by atoms with van der Waals surface area (Å²) in [5.41, 5.74) is 2.66. The van der Waals surface area contributed by atoms with Crippen molar-refractivity contribution in [2.24, 2.45) is 0 Å². The average molecular weight is 444 g/mol. The van der Waals surface area contributed by atoms with Gasteiger partial charge in [0.25, 0.3) is 5.91 Å². The van der Waals surface area contributed by atoms with Gasteiger partial charge in [0.2, 0.25) is 5.76 Å². The van der Waals surface area contributed by atoms with E-state index in [-0.39, 0.29) is 17.6 Å². The van der Waals surface area contributed by atoms with E-state index in [4.69, 9.17) is 13.7 Å². The minimum absolute atomic E-state index is 0.0659. The second-order valence-electron chi connectivity index (χ2n) is 8.22. The highest BCUT2D eigenvalue weighted by Gasteiger charge is 2.30. The van der Waals surface area contributed by atoms with Gasteiger partial charge < -0.3 is 18.6 Å². The normalized spacial score (nSPS) is 16.0. The number of carbonyl (C=O) groups excluding carboxylic acids is 1. The zero-order chi connectivity index (χ0) is 22.6. The summed E-state index contributed by atoms with van der Waals surface area (Å²) in [4.78, 5) is 19.4. The maximum Gasteiger partial charge on any atom is 0.292 e. The van der Waals surface area contributed by atoms with Crippen molar-refractivity contribution in [3.63, 3.8) is 0 Å². The molecular weight excluding hydrogens is 418 g/mol. The molecule has 1 aliphatic heterocycles. The van der Waals surface area contributed by atoms with Crippen LogP contribution in [-0.2, 0) is 6.42 Å². The minimum atomic E-state index is -0.164. The molecule has 1 saturated heterocycles. The number of rotatable bonds is 6. The largest absolute Gasteiger partial charge is 0.497 e. The Morgan fingerprint density at radius 1 is 1.15 bits per heavy atom. The molecule has 0 unspecified atom stereocenters. The molecule has 7 nitrogen and oxygen atoms in total. The van der Waals surface area contributed by atoms with E-state index in [1.54, 1.807) is 24.3 Å². The molecule has 1 amide bonds. The predicted molar refractivity (Wildman–Crippen MR) is 122 cm³/mol. The Bertz CT molecular complexity index is 1210. The van der Waals surface area contributed by atoms with E-state index in [1.807, 2.05) is 42.5 Å². The van der Waals surface area contributed by atoms with E-state index < -0.39 is 0 Å². The van der Waals surface area contributed by atoms with Gasteiger partial charge in [-0.1, -0.05) is 35.5 Å². The number of ether oxygens (including phenoxy) is 1.